The van der Waals surface area contributed by atoms with Gasteiger partial charge in [0.15, 0.2) is 5.76 Å². The number of anilines is 5. The van der Waals surface area contributed by atoms with Crippen molar-refractivity contribution in [1.29, 1.82) is 0 Å². The maximum Gasteiger partial charge on any atom is 0.154 e. The van der Waals surface area contributed by atoms with Crippen LogP contribution in [-0.2, 0) is 12.8 Å². The number of hydrogen-bond donors (Lipinski definition) is 1. The predicted octanol–water partition coefficient (Wildman–Crippen LogP) is 14.4. The molecular weight excluding hydrogens is 685 g/mol. The fourth-order valence-corrected chi connectivity index (χ4v) is 9.03. The molecule has 0 spiro atoms. The van der Waals surface area contributed by atoms with Gasteiger partial charge in [-0.2, -0.15) is 0 Å². The molecule has 1 heterocycles. The zero-order valence-electron chi connectivity index (χ0n) is 33.0. The van der Waals surface area contributed by atoms with E-state index >= 15 is 0 Å². The third-order valence-corrected chi connectivity index (χ3v) is 11.4. The number of allylic oxidation sites excluding steroid dienone is 3. The van der Waals surface area contributed by atoms with E-state index in [2.05, 4.69) is 154 Å². The van der Waals surface area contributed by atoms with E-state index in [9.17, 15) is 5.11 Å². The average molecular weight is 733 g/mol. The second-order valence-corrected chi connectivity index (χ2v) is 15.7. The van der Waals surface area contributed by atoms with E-state index in [4.69, 9.17) is 4.42 Å². The Bertz CT molecular complexity index is 2720. The van der Waals surface area contributed by atoms with Crippen molar-refractivity contribution in [3.8, 4) is 5.75 Å². The van der Waals surface area contributed by atoms with E-state index in [-0.39, 0.29) is 5.75 Å². The van der Waals surface area contributed by atoms with Gasteiger partial charge >= 0.3 is 0 Å². The Kier molecular flexibility index (Phi) is 9.13. The number of aromatic hydroxyl groups is 1. The number of aryl methyl sites for hydroxylation is 4. The number of rotatable bonds is 6. The van der Waals surface area contributed by atoms with Crippen LogP contribution in [0, 0.1) is 27.7 Å². The number of phenols is 1. The Labute approximate surface area is 330 Å². The summed E-state index contributed by atoms with van der Waals surface area (Å²) in [5.41, 5.74) is 14.8. The molecule has 9 rings (SSSR count). The predicted molar refractivity (Wildman–Crippen MR) is 236 cm³/mol. The van der Waals surface area contributed by atoms with Gasteiger partial charge < -0.3 is 19.3 Å². The minimum atomic E-state index is 0.229. The van der Waals surface area contributed by atoms with E-state index in [1.54, 1.807) is 6.07 Å². The smallest absolute Gasteiger partial charge is 0.154 e. The van der Waals surface area contributed by atoms with Crippen molar-refractivity contribution in [3.05, 3.63) is 178 Å². The van der Waals surface area contributed by atoms with Gasteiger partial charge in [-0.15, -0.1) is 0 Å². The fraction of sp³-hybridized carbons (Fsp3) is 0.192. The van der Waals surface area contributed by atoms with Gasteiger partial charge in [-0.3, -0.25) is 0 Å². The lowest BCUT2D eigenvalue weighted by Gasteiger charge is -2.30. The van der Waals surface area contributed by atoms with E-state index in [1.807, 2.05) is 18.2 Å². The highest BCUT2D eigenvalue weighted by molar-refractivity contribution is 6.10. The van der Waals surface area contributed by atoms with Crippen molar-refractivity contribution in [1.82, 2.24) is 0 Å². The SMILES string of the molecule is CC1=CCCCc2c1oc1c2CCC=C1N(c1cc(C)cc(C)c1)c1cccccc2c(N(c3cc(C)cc(C)c3)c3ccccc3O)ccc3ccc1cc32. The second-order valence-electron chi connectivity index (χ2n) is 15.7. The fourth-order valence-electron chi connectivity index (χ4n) is 9.03. The summed E-state index contributed by atoms with van der Waals surface area (Å²) in [4.78, 5) is 4.63. The van der Waals surface area contributed by atoms with Crippen LogP contribution in [0.1, 0.15) is 71.1 Å². The Morgan fingerprint density at radius 2 is 1.12 bits per heavy atom. The summed E-state index contributed by atoms with van der Waals surface area (Å²) >= 11 is 0. The quantitative estimate of drug-likeness (QED) is 0.185. The van der Waals surface area contributed by atoms with Gasteiger partial charge in [0.05, 0.1) is 22.8 Å². The van der Waals surface area contributed by atoms with Crippen LogP contribution in [0.5, 0.6) is 5.75 Å². The van der Waals surface area contributed by atoms with Crippen LogP contribution < -0.4 is 9.80 Å². The number of hydrogen-bond acceptors (Lipinski definition) is 4. The summed E-state index contributed by atoms with van der Waals surface area (Å²) < 4.78 is 6.98. The van der Waals surface area contributed by atoms with Crippen LogP contribution >= 0.6 is 0 Å². The first kappa shape index (κ1) is 35.4. The largest absolute Gasteiger partial charge is 0.506 e. The highest BCUT2D eigenvalue weighted by Crippen LogP contribution is 2.47. The highest BCUT2D eigenvalue weighted by atomic mass is 16.3. The maximum absolute atomic E-state index is 11.3. The van der Waals surface area contributed by atoms with E-state index < -0.39 is 0 Å². The van der Waals surface area contributed by atoms with Crippen molar-refractivity contribution in [2.45, 2.75) is 66.7 Å². The Morgan fingerprint density at radius 1 is 0.500 bits per heavy atom. The monoisotopic (exact) mass is 732 g/mol. The summed E-state index contributed by atoms with van der Waals surface area (Å²) in [6.45, 7) is 10.8. The molecule has 0 saturated heterocycles. The van der Waals surface area contributed by atoms with Crippen molar-refractivity contribution >= 4 is 61.3 Å². The average Bonchev–Trinajstić information content (AvgIpc) is 3.45. The Morgan fingerprint density at radius 3 is 1.88 bits per heavy atom. The summed E-state index contributed by atoms with van der Waals surface area (Å²) in [6, 6.07) is 43.1. The molecule has 0 aliphatic heterocycles. The number of fused-ring (bicyclic) bond motifs is 4. The molecule has 7 aromatic rings. The normalized spacial score (nSPS) is 13.7. The number of para-hydroxylation sites is 2. The minimum absolute atomic E-state index is 0.229. The highest BCUT2D eigenvalue weighted by Gasteiger charge is 2.31. The van der Waals surface area contributed by atoms with Gasteiger partial charge in [0.1, 0.15) is 11.5 Å². The molecule has 0 radical (unpaired) electrons. The topological polar surface area (TPSA) is 39.9 Å². The van der Waals surface area contributed by atoms with Crippen LogP contribution in [-0.4, -0.2) is 5.11 Å². The summed E-state index contributed by atoms with van der Waals surface area (Å²) in [5.74, 6) is 2.28. The van der Waals surface area contributed by atoms with Gasteiger partial charge in [0.2, 0.25) is 0 Å². The van der Waals surface area contributed by atoms with Gasteiger partial charge in [-0.1, -0.05) is 78.9 Å². The van der Waals surface area contributed by atoms with Gasteiger partial charge in [-0.05, 0) is 165 Å². The first-order valence-corrected chi connectivity index (χ1v) is 19.9. The molecule has 4 nitrogen and oxygen atoms in total. The summed E-state index contributed by atoms with van der Waals surface area (Å²) in [6.07, 6.45) is 9.95. The molecule has 278 valence electrons. The first-order chi connectivity index (χ1) is 27.2. The lowest BCUT2D eigenvalue weighted by Crippen LogP contribution is -2.18. The Balaban J connectivity index is 1.31. The molecular formula is C52H48N2O2. The van der Waals surface area contributed by atoms with Gasteiger partial charge in [0.25, 0.3) is 0 Å². The molecule has 56 heavy (non-hydrogen) atoms. The maximum atomic E-state index is 11.3. The molecule has 0 atom stereocenters. The molecule has 1 aromatic heterocycles. The van der Waals surface area contributed by atoms with E-state index in [0.717, 1.165) is 99.3 Å². The van der Waals surface area contributed by atoms with Crippen LogP contribution in [0.3, 0.4) is 0 Å². The number of phenolic OH excluding ortho intramolecular Hbond substituents is 1. The van der Waals surface area contributed by atoms with Crippen molar-refractivity contribution in [2.75, 3.05) is 9.80 Å². The molecule has 6 aromatic carbocycles. The lowest BCUT2D eigenvalue weighted by atomic mass is 9.93. The molecule has 2 bridgehead atoms. The van der Waals surface area contributed by atoms with Crippen LogP contribution in [0.4, 0.5) is 28.4 Å². The zero-order valence-corrected chi connectivity index (χ0v) is 33.0. The molecule has 4 heteroatoms. The van der Waals surface area contributed by atoms with Gasteiger partial charge in [0, 0.05) is 27.9 Å². The van der Waals surface area contributed by atoms with Gasteiger partial charge in [-0.25, -0.2) is 0 Å². The lowest BCUT2D eigenvalue weighted by molar-refractivity contribution is 0.476. The molecule has 0 saturated carbocycles. The molecule has 1 N–H and O–H groups in total. The third kappa shape index (κ3) is 6.39. The van der Waals surface area contributed by atoms with Crippen molar-refractivity contribution in [2.24, 2.45) is 0 Å². The Hall–Kier alpha value is -6.26. The van der Waals surface area contributed by atoms with Crippen LogP contribution in [0.15, 0.2) is 138 Å². The summed E-state index contributed by atoms with van der Waals surface area (Å²) in [5, 5.41) is 15.8. The number of benzene rings is 5. The zero-order chi connectivity index (χ0) is 38.5. The van der Waals surface area contributed by atoms with Crippen LogP contribution in [0.2, 0.25) is 0 Å². The molecule has 2 aliphatic rings. The number of furan rings is 1. The molecule has 2 aliphatic carbocycles. The van der Waals surface area contributed by atoms with Crippen LogP contribution in [0.25, 0.3) is 32.8 Å². The van der Waals surface area contributed by atoms with Crippen molar-refractivity contribution in [3.63, 3.8) is 0 Å². The standard InChI is InChI=1S/C52H48N2O2/c1-33-26-34(2)29-40(28-33)53(49-20-13-17-44-43-16-10-9-14-37(5)51(43)56-52(44)49)46-18-8-6-7-15-42-45-32-39(46)23-22-38(45)24-25-47(42)54(48-19-11-12-21-50(48)55)41-30-35(3)27-36(4)31-41/h6-8,11-12,14-15,18-32,55H,9-10,13,16-17H2,1-5H3. The molecule has 0 amide bonds. The number of nitrogens with zero attached hydrogens (tertiary/aromatic N) is 2. The van der Waals surface area contributed by atoms with E-state index in [1.165, 1.54) is 39.0 Å². The second kappa shape index (κ2) is 14.4. The first-order valence-electron chi connectivity index (χ1n) is 19.9. The minimum Gasteiger partial charge on any atom is -0.506 e. The third-order valence-electron chi connectivity index (χ3n) is 11.4. The summed E-state index contributed by atoms with van der Waals surface area (Å²) in [7, 11) is 0. The van der Waals surface area contributed by atoms with E-state index in [0.29, 0.717) is 0 Å². The molecule has 0 unspecified atom stereocenters. The molecule has 0 fully saturated rings. The van der Waals surface area contributed by atoms with Crippen molar-refractivity contribution < 1.29 is 9.52 Å².